The van der Waals surface area contributed by atoms with Gasteiger partial charge in [-0.3, -0.25) is 0 Å². The molecule has 0 saturated heterocycles. The van der Waals surface area contributed by atoms with Crippen LogP contribution in [-0.2, 0) is 6.61 Å². The van der Waals surface area contributed by atoms with Gasteiger partial charge in [0.25, 0.3) is 0 Å². The Labute approximate surface area is 101 Å². The van der Waals surface area contributed by atoms with Crippen LogP contribution in [0.2, 0.25) is 0 Å². The standard InChI is InChI=1S/C14H14NO2/c1-16-12-8-6-11(7-9-12)10-17-14-5-3-2-4-13(14)15/h2,4-9H,10,15H2,1H3. The second-order valence-electron chi connectivity index (χ2n) is 3.60. The molecule has 87 valence electrons. The van der Waals surface area contributed by atoms with Gasteiger partial charge in [0.1, 0.15) is 18.1 Å². The van der Waals surface area contributed by atoms with Crippen molar-refractivity contribution in [3.05, 3.63) is 54.1 Å². The summed E-state index contributed by atoms with van der Waals surface area (Å²) in [6.45, 7) is 0.478. The lowest BCUT2D eigenvalue weighted by Gasteiger charge is -2.08. The third-order valence-electron chi connectivity index (χ3n) is 2.41. The van der Waals surface area contributed by atoms with E-state index in [1.807, 2.05) is 24.3 Å². The Morgan fingerprint density at radius 2 is 1.94 bits per heavy atom. The number of benzene rings is 2. The third-order valence-corrected chi connectivity index (χ3v) is 2.41. The van der Waals surface area contributed by atoms with E-state index < -0.39 is 0 Å². The van der Waals surface area contributed by atoms with Crippen molar-refractivity contribution < 1.29 is 9.47 Å². The van der Waals surface area contributed by atoms with Crippen molar-refractivity contribution in [2.45, 2.75) is 6.61 Å². The van der Waals surface area contributed by atoms with Crippen LogP contribution in [0, 0.1) is 6.07 Å². The maximum Gasteiger partial charge on any atom is 0.143 e. The Bertz CT molecular complexity index is 480. The number of nitrogens with two attached hydrogens (primary N) is 1. The largest absolute Gasteiger partial charge is 0.497 e. The molecule has 0 aliphatic carbocycles. The molecule has 0 amide bonds. The lowest BCUT2D eigenvalue weighted by atomic mass is 10.2. The van der Waals surface area contributed by atoms with Crippen LogP contribution in [-0.4, -0.2) is 7.11 Å². The fourth-order valence-electron chi connectivity index (χ4n) is 1.44. The van der Waals surface area contributed by atoms with Gasteiger partial charge in [-0.2, -0.15) is 0 Å². The molecule has 17 heavy (non-hydrogen) atoms. The number of anilines is 1. The van der Waals surface area contributed by atoms with Crippen LogP contribution in [0.25, 0.3) is 0 Å². The first-order chi connectivity index (χ1) is 8.29. The Hall–Kier alpha value is -2.16. The minimum atomic E-state index is 0.478. The fraction of sp³-hybridized carbons (Fsp3) is 0.143. The Morgan fingerprint density at radius 1 is 1.18 bits per heavy atom. The second-order valence-corrected chi connectivity index (χ2v) is 3.60. The van der Waals surface area contributed by atoms with Gasteiger partial charge in [-0.05, 0) is 35.9 Å². The first kappa shape index (κ1) is 11.3. The third kappa shape index (κ3) is 2.91. The number of nitrogen functional groups attached to an aromatic ring is 1. The first-order valence-corrected chi connectivity index (χ1v) is 5.31. The van der Waals surface area contributed by atoms with Gasteiger partial charge in [-0.15, -0.1) is 0 Å². The van der Waals surface area contributed by atoms with Gasteiger partial charge >= 0.3 is 0 Å². The number of hydrogen-bond donors (Lipinski definition) is 1. The molecule has 2 aromatic rings. The van der Waals surface area contributed by atoms with Crippen LogP contribution in [0.4, 0.5) is 5.69 Å². The molecule has 0 fully saturated rings. The van der Waals surface area contributed by atoms with E-state index in [2.05, 4.69) is 6.07 Å². The molecule has 0 atom stereocenters. The summed E-state index contributed by atoms with van der Waals surface area (Å²) in [7, 11) is 1.64. The van der Waals surface area contributed by atoms with Crippen LogP contribution in [0.15, 0.2) is 42.5 Å². The van der Waals surface area contributed by atoms with Gasteiger partial charge in [0, 0.05) is 0 Å². The Balaban J connectivity index is 2.00. The lowest BCUT2D eigenvalue weighted by Crippen LogP contribution is -1.98. The van der Waals surface area contributed by atoms with E-state index in [0.717, 1.165) is 11.3 Å². The molecule has 2 aromatic carbocycles. The van der Waals surface area contributed by atoms with Gasteiger partial charge in [0.15, 0.2) is 0 Å². The van der Waals surface area contributed by atoms with Crippen molar-refractivity contribution >= 4 is 5.69 Å². The molecule has 3 nitrogen and oxygen atoms in total. The van der Waals surface area contributed by atoms with Crippen LogP contribution < -0.4 is 15.2 Å². The topological polar surface area (TPSA) is 44.5 Å². The predicted octanol–water partition coefficient (Wildman–Crippen LogP) is 2.66. The molecule has 0 unspecified atom stereocenters. The molecular formula is C14H14NO2. The van der Waals surface area contributed by atoms with Gasteiger partial charge in [-0.25, -0.2) is 0 Å². The second kappa shape index (κ2) is 5.25. The average Bonchev–Trinajstić information content (AvgIpc) is 2.38. The quantitative estimate of drug-likeness (QED) is 0.818. The monoisotopic (exact) mass is 228 g/mol. The zero-order chi connectivity index (χ0) is 12.1. The smallest absolute Gasteiger partial charge is 0.143 e. The highest BCUT2D eigenvalue weighted by Gasteiger charge is 2.00. The van der Waals surface area contributed by atoms with Crippen molar-refractivity contribution in [2.75, 3.05) is 12.8 Å². The summed E-state index contributed by atoms with van der Waals surface area (Å²) in [6.07, 6.45) is 0. The van der Waals surface area contributed by atoms with Crippen LogP contribution in [0.5, 0.6) is 11.5 Å². The van der Waals surface area contributed by atoms with E-state index in [1.54, 1.807) is 25.3 Å². The maximum absolute atomic E-state index is 5.77. The van der Waals surface area contributed by atoms with E-state index in [9.17, 15) is 0 Å². The summed E-state index contributed by atoms with van der Waals surface area (Å²) in [5.74, 6) is 1.49. The minimum Gasteiger partial charge on any atom is -0.497 e. The summed E-state index contributed by atoms with van der Waals surface area (Å²) in [5, 5.41) is 0. The SMILES string of the molecule is COc1ccc(COc2c[c]ccc2N)cc1. The van der Waals surface area contributed by atoms with Crippen molar-refractivity contribution in [1.82, 2.24) is 0 Å². The molecule has 0 spiro atoms. The highest BCUT2D eigenvalue weighted by Crippen LogP contribution is 2.21. The normalized spacial score (nSPS) is 9.94. The molecule has 1 radical (unpaired) electrons. The number of ether oxygens (including phenoxy) is 2. The number of hydrogen-bond acceptors (Lipinski definition) is 3. The summed E-state index contributed by atoms with van der Waals surface area (Å²) in [5.41, 5.74) is 7.45. The number of methoxy groups -OCH3 is 1. The van der Waals surface area contributed by atoms with Gasteiger partial charge < -0.3 is 15.2 Å². The average molecular weight is 228 g/mol. The molecule has 0 aliphatic rings. The Morgan fingerprint density at radius 3 is 2.59 bits per heavy atom. The molecule has 0 heterocycles. The van der Waals surface area contributed by atoms with Gasteiger partial charge in [0.2, 0.25) is 0 Å². The summed E-state index contributed by atoms with van der Waals surface area (Å²) in [6, 6.07) is 15.9. The van der Waals surface area contributed by atoms with Crippen LogP contribution >= 0.6 is 0 Å². The number of rotatable bonds is 4. The molecule has 0 saturated carbocycles. The van der Waals surface area contributed by atoms with Crippen LogP contribution in [0.3, 0.4) is 0 Å². The summed E-state index contributed by atoms with van der Waals surface area (Å²) < 4.78 is 10.7. The van der Waals surface area contributed by atoms with Crippen molar-refractivity contribution in [1.29, 1.82) is 0 Å². The van der Waals surface area contributed by atoms with Crippen LogP contribution in [0.1, 0.15) is 5.56 Å². The maximum atomic E-state index is 5.77. The fourth-order valence-corrected chi connectivity index (χ4v) is 1.44. The van der Waals surface area contributed by atoms with Crippen molar-refractivity contribution in [3.63, 3.8) is 0 Å². The van der Waals surface area contributed by atoms with Gasteiger partial charge in [0.05, 0.1) is 12.8 Å². The zero-order valence-corrected chi connectivity index (χ0v) is 9.64. The first-order valence-electron chi connectivity index (χ1n) is 5.31. The Kier molecular flexibility index (Phi) is 3.50. The van der Waals surface area contributed by atoms with E-state index in [-0.39, 0.29) is 0 Å². The molecule has 0 bridgehead atoms. The predicted molar refractivity (Wildman–Crippen MR) is 67.0 cm³/mol. The molecule has 2 rings (SSSR count). The molecule has 0 aliphatic heterocycles. The molecule has 2 N–H and O–H groups in total. The summed E-state index contributed by atoms with van der Waals surface area (Å²) in [4.78, 5) is 0. The molecule has 3 heteroatoms. The van der Waals surface area contributed by atoms with Crippen molar-refractivity contribution in [3.8, 4) is 11.5 Å². The lowest BCUT2D eigenvalue weighted by molar-refractivity contribution is 0.307. The summed E-state index contributed by atoms with van der Waals surface area (Å²) >= 11 is 0. The minimum absolute atomic E-state index is 0.478. The van der Waals surface area contributed by atoms with Gasteiger partial charge in [-0.1, -0.05) is 18.2 Å². The highest BCUT2D eigenvalue weighted by atomic mass is 16.5. The van der Waals surface area contributed by atoms with E-state index in [0.29, 0.717) is 18.0 Å². The molecule has 0 aromatic heterocycles. The molecular weight excluding hydrogens is 214 g/mol. The van der Waals surface area contributed by atoms with E-state index in [4.69, 9.17) is 15.2 Å². The van der Waals surface area contributed by atoms with E-state index >= 15 is 0 Å². The van der Waals surface area contributed by atoms with Crippen molar-refractivity contribution in [2.24, 2.45) is 0 Å². The highest BCUT2D eigenvalue weighted by molar-refractivity contribution is 5.51. The van der Waals surface area contributed by atoms with E-state index in [1.165, 1.54) is 0 Å². The zero-order valence-electron chi connectivity index (χ0n) is 9.64.